The van der Waals surface area contributed by atoms with Crippen molar-refractivity contribution in [3.63, 3.8) is 0 Å². The van der Waals surface area contributed by atoms with Crippen LogP contribution in [-0.2, 0) is 9.22 Å². The number of allylic oxidation sites excluding steroid dienone is 1. The molecule has 0 aliphatic rings. The van der Waals surface area contributed by atoms with E-state index in [1.165, 1.54) is 0 Å². The first kappa shape index (κ1) is 12.4. The van der Waals surface area contributed by atoms with Crippen LogP contribution in [0.3, 0.4) is 0 Å². The van der Waals surface area contributed by atoms with Crippen LogP contribution in [0.5, 0.6) is 0 Å². The second-order valence-electron chi connectivity index (χ2n) is 4.88. The molecule has 0 amide bonds. The number of hydrogen-bond acceptors (Lipinski definition) is 2. The molecule has 0 N–H and O–H groups in total. The predicted molar refractivity (Wildman–Crippen MR) is 58.0 cm³/mol. The fraction of sp³-hybridized carbons (Fsp3) is 0.700. The Hall–Kier alpha value is -0.573. The fourth-order valence-corrected chi connectivity index (χ4v) is 1.69. The zero-order valence-electron chi connectivity index (χ0n) is 9.31. The summed E-state index contributed by atoms with van der Waals surface area (Å²) in [4.78, 5) is 11.6. The van der Waals surface area contributed by atoms with Gasteiger partial charge in [0.15, 0.2) is 0 Å². The molecule has 0 bridgehead atoms. The van der Waals surface area contributed by atoms with Gasteiger partial charge in [-0.15, -0.1) is 6.58 Å². The van der Waals surface area contributed by atoms with Crippen molar-refractivity contribution in [1.82, 2.24) is 0 Å². The van der Waals surface area contributed by atoms with Gasteiger partial charge in [0.2, 0.25) is 8.32 Å². The second kappa shape index (κ2) is 4.09. The standard InChI is InChI=1S/C10H20O2Si/c1-7-8-10(2,3)9(11)12-13(4,5)6/h7H,1,8H2,2-6H3. The van der Waals surface area contributed by atoms with E-state index in [1.807, 2.05) is 33.5 Å². The van der Waals surface area contributed by atoms with E-state index < -0.39 is 13.7 Å². The van der Waals surface area contributed by atoms with Gasteiger partial charge in [-0.2, -0.15) is 0 Å². The highest BCUT2D eigenvalue weighted by atomic mass is 28.4. The number of carbonyl (C=O) groups is 1. The van der Waals surface area contributed by atoms with E-state index in [2.05, 4.69) is 6.58 Å². The molecule has 0 aromatic carbocycles. The Labute approximate surface area is 82.1 Å². The van der Waals surface area contributed by atoms with Gasteiger partial charge in [-0.05, 0) is 39.9 Å². The molecule has 76 valence electrons. The molecule has 0 spiro atoms. The van der Waals surface area contributed by atoms with Crippen molar-refractivity contribution in [3.05, 3.63) is 12.7 Å². The van der Waals surface area contributed by atoms with E-state index in [9.17, 15) is 4.79 Å². The summed E-state index contributed by atoms with van der Waals surface area (Å²) in [6.45, 7) is 13.4. The van der Waals surface area contributed by atoms with Crippen molar-refractivity contribution in [1.29, 1.82) is 0 Å². The van der Waals surface area contributed by atoms with Crippen molar-refractivity contribution in [3.8, 4) is 0 Å². The SMILES string of the molecule is C=CCC(C)(C)C(=O)O[Si](C)(C)C. The Morgan fingerprint density at radius 2 is 1.92 bits per heavy atom. The van der Waals surface area contributed by atoms with Crippen molar-refractivity contribution >= 4 is 14.3 Å². The van der Waals surface area contributed by atoms with Crippen molar-refractivity contribution < 1.29 is 9.22 Å². The molecule has 13 heavy (non-hydrogen) atoms. The van der Waals surface area contributed by atoms with E-state index in [-0.39, 0.29) is 5.97 Å². The van der Waals surface area contributed by atoms with Gasteiger partial charge in [0, 0.05) is 0 Å². The predicted octanol–water partition coefficient (Wildman–Crippen LogP) is 2.97. The average molecular weight is 200 g/mol. The molecule has 0 aromatic heterocycles. The number of carbonyl (C=O) groups excluding carboxylic acids is 1. The Balaban J connectivity index is 4.33. The molecule has 0 radical (unpaired) electrons. The number of hydrogen-bond donors (Lipinski definition) is 0. The first-order chi connectivity index (χ1) is 5.69. The maximum atomic E-state index is 11.6. The lowest BCUT2D eigenvalue weighted by molar-refractivity contribution is -0.144. The summed E-state index contributed by atoms with van der Waals surface area (Å²) in [5.41, 5.74) is -0.429. The van der Waals surface area contributed by atoms with Crippen LogP contribution in [0.15, 0.2) is 12.7 Å². The maximum absolute atomic E-state index is 11.6. The van der Waals surface area contributed by atoms with Crippen LogP contribution < -0.4 is 0 Å². The lowest BCUT2D eigenvalue weighted by Crippen LogP contribution is -2.36. The van der Waals surface area contributed by atoms with Crippen LogP contribution in [-0.4, -0.2) is 14.3 Å². The first-order valence-electron chi connectivity index (χ1n) is 4.53. The molecule has 0 atom stereocenters. The van der Waals surface area contributed by atoms with Crippen LogP contribution in [0.1, 0.15) is 20.3 Å². The molecule has 0 heterocycles. The molecular formula is C10H20O2Si. The minimum atomic E-state index is -1.74. The maximum Gasteiger partial charge on any atom is 0.298 e. The minimum absolute atomic E-state index is 0.105. The van der Waals surface area contributed by atoms with Gasteiger partial charge in [0.25, 0.3) is 5.97 Å². The molecule has 0 unspecified atom stereocenters. The third kappa shape index (κ3) is 4.88. The third-order valence-corrected chi connectivity index (χ3v) is 2.40. The highest BCUT2D eigenvalue weighted by molar-refractivity contribution is 6.71. The fourth-order valence-electron chi connectivity index (χ4n) is 0.860. The van der Waals surface area contributed by atoms with E-state index in [1.54, 1.807) is 6.08 Å². The van der Waals surface area contributed by atoms with Crippen LogP contribution in [0, 0.1) is 5.41 Å². The minimum Gasteiger partial charge on any atom is -0.519 e. The van der Waals surface area contributed by atoms with Gasteiger partial charge >= 0.3 is 0 Å². The highest BCUT2D eigenvalue weighted by Crippen LogP contribution is 2.24. The summed E-state index contributed by atoms with van der Waals surface area (Å²) in [5, 5.41) is 0. The van der Waals surface area contributed by atoms with Crippen molar-refractivity contribution in [2.75, 3.05) is 0 Å². The molecule has 0 rings (SSSR count). The summed E-state index contributed by atoms with van der Waals surface area (Å²) in [7, 11) is -1.74. The van der Waals surface area contributed by atoms with Crippen LogP contribution in [0.25, 0.3) is 0 Å². The van der Waals surface area contributed by atoms with Gasteiger partial charge in [-0.1, -0.05) is 6.08 Å². The summed E-state index contributed by atoms with van der Waals surface area (Å²) in [6, 6.07) is 0. The quantitative estimate of drug-likeness (QED) is 0.515. The number of rotatable bonds is 4. The van der Waals surface area contributed by atoms with Crippen LogP contribution >= 0.6 is 0 Å². The smallest absolute Gasteiger partial charge is 0.298 e. The molecule has 0 aromatic rings. The summed E-state index contributed by atoms with van der Waals surface area (Å²) >= 11 is 0. The summed E-state index contributed by atoms with van der Waals surface area (Å²) in [5.74, 6) is -0.105. The van der Waals surface area contributed by atoms with Gasteiger partial charge in [0.1, 0.15) is 0 Å². The van der Waals surface area contributed by atoms with Crippen molar-refractivity contribution in [2.45, 2.75) is 39.9 Å². The normalized spacial score (nSPS) is 12.4. The molecule has 3 heteroatoms. The van der Waals surface area contributed by atoms with E-state index in [0.717, 1.165) is 0 Å². The Morgan fingerprint density at radius 1 is 1.46 bits per heavy atom. The summed E-state index contributed by atoms with van der Waals surface area (Å²) < 4.78 is 5.41. The zero-order valence-corrected chi connectivity index (χ0v) is 10.3. The lowest BCUT2D eigenvalue weighted by atomic mass is 9.90. The van der Waals surface area contributed by atoms with E-state index >= 15 is 0 Å². The molecule has 2 nitrogen and oxygen atoms in total. The molecule has 0 aliphatic carbocycles. The zero-order chi connectivity index (χ0) is 10.7. The molecular weight excluding hydrogens is 180 g/mol. The van der Waals surface area contributed by atoms with Crippen LogP contribution in [0.4, 0.5) is 0 Å². The molecule has 0 saturated heterocycles. The second-order valence-corrected chi connectivity index (χ2v) is 9.31. The Morgan fingerprint density at radius 3 is 2.23 bits per heavy atom. The first-order valence-corrected chi connectivity index (χ1v) is 7.94. The van der Waals surface area contributed by atoms with Gasteiger partial charge in [0.05, 0.1) is 5.41 Å². The topological polar surface area (TPSA) is 26.3 Å². The Kier molecular flexibility index (Phi) is 3.91. The van der Waals surface area contributed by atoms with E-state index in [0.29, 0.717) is 6.42 Å². The summed E-state index contributed by atoms with van der Waals surface area (Å²) in [6.07, 6.45) is 2.42. The van der Waals surface area contributed by atoms with Crippen LogP contribution in [0.2, 0.25) is 19.6 Å². The Bertz CT molecular complexity index is 201. The molecule has 0 fully saturated rings. The third-order valence-electron chi connectivity index (χ3n) is 1.61. The van der Waals surface area contributed by atoms with Gasteiger partial charge < -0.3 is 4.43 Å². The van der Waals surface area contributed by atoms with Gasteiger partial charge in [-0.25, -0.2) is 0 Å². The monoisotopic (exact) mass is 200 g/mol. The highest BCUT2D eigenvalue weighted by Gasteiger charge is 2.31. The largest absolute Gasteiger partial charge is 0.519 e. The van der Waals surface area contributed by atoms with E-state index in [4.69, 9.17) is 4.43 Å². The lowest BCUT2D eigenvalue weighted by Gasteiger charge is -2.26. The molecule has 0 aliphatic heterocycles. The molecule has 0 saturated carbocycles. The van der Waals surface area contributed by atoms with Crippen molar-refractivity contribution in [2.24, 2.45) is 5.41 Å². The average Bonchev–Trinajstić information content (AvgIpc) is 1.82. The van der Waals surface area contributed by atoms with Gasteiger partial charge in [-0.3, -0.25) is 4.79 Å².